The Labute approximate surface area is 98.2 Å². The average Bonchev–Trinajstić information content (AvgIpc) is 2.31. The van der Waals surface area contributed by atoms with Crippen LogP contribution >= 0.6 is 0 Å². The first-order valence-corrected chi connectivity index (χ1v) is 5.22. The molecule has 0 spiro atoms. The number of hydrogen-bond acceptors (Lipinski definition) is 3. The first-order chi connectivity index (χ1) is 8.08. The number of nitrogens with zero attached hydrogens (tertiary/aromatic N) is 1. The van der Waals surface area contributed by atoms with Gasteiger partial charge in [-0.3, -0.25) is 0 Å². The van der Waals surface area contributed by atoms with Gasteiger partial charge in [0, 0.05) is 5.56 Å². The highest BCUT2D eigenvalue weighted by Gasteiger charge is 2.10. The second-order valence-electron chi connectivity index (χ2n) is 3.79. The van der Waals surface area contributed by atoms with Crippen LogP contribution < -0.4 is 0 Å². The minimum Gasteiger partial charge on any atom is -0.506 e. The number of aromatic hydroxyl groups is 1. The molecule has 2 rings (SSSR count). The number of hydrogen-bond donors (Lipinski definition) is 2. The van der Waals surface area contributed by atoms with Crippen LogP contribution in [0.3, 0.4) is 0 Å². The van der Waals surface area contributed by atoms with E-state index in [-0.39, 0.29) is 11.6 Å². The predicted octanol–water partition coefficient (Wildman–Crippen LogP) is 2.65. The summed E-state index contributed by atoms with van der Waals surface area (Å²) in [6.07, 6.45) is -0.713. The van der Waals surface area contributed by atoms with E-state index in [1.54, 1.807) is 13.0 Å². The van der Waals surface area contributed by atoms with Crippen molar-refractivity contribution in [1.82, 2.24) is 4.98 Å². The molecule has 1 heterocycles. The SMILES string of the molecule is CC(O)c1ccc(O)c(-c2ccc(F)cc2)n1. The molecule has 2 aromatic rings. The van der Waals surface area contributed by atoms with Gasteiger partial charge in [-0.05, 0) is 43.3 Å². The zero-order chi connectivity index (χ0) is 12.4. The van der Waals surface area contributed by atoms with Crippen molar-refractivity contribution in [2.75, 3.05) is 0 Å². The van der Waals surface area contributed by atoms with E-state index in [0.717, 1.165) is 0 Å². The van der Waals surface area contributed by atoms with E-state index in [0.29, 0.717) is 17.0 Å². The Morgan fingerprint density at radius 1 is 1.12 bits per heavy atom. The van der Waals surface area contributed by atoms with Gasteiger partial charge in [-0.15, -0.1) is 0 Å². The lowest BCUT2D eigenvalue weighted by Gasteiger charge is -2.08. The third kappa shape index (κ3) is 2.42. The molecule has 0 fully saturated rings. The minimum atomic E-state index is -0.713. The lowest BCUT2D eigenvalue weighted by molar-refractivity contribution is 0.194. The first-order valence-electron chi connectivity index (χ1n) is 5.22. The zero-order valence-corrected chi connectivity index (χ0v) is 9.26. The third-order valence-electron chi connectivity index (χ3n) is 2.44. The summed E-state index contributed by atoms with van der Waals surface area (Å²) in [5.41, 5.74) is 1.40. The molecular formula is C13H12FNO2. The molecule has 0 radical (unpaired) electrons. The quantitative estimate of drug-likeness (QED) is 0.838. The maximum atomic E-state index is 12.8. The van der Waals surface area contributed by atoms with Crippen molar-refractivity contribution < 1.29 is 14.6 Å². The van der Waals surface area contributed by atoms with Gasteiger partial charge in [0.15, 0.2) is 0 Å². The summed E-state index contributed by atoms with van der Waals surface area (Å²) in [5, 5.41) is 19.1. The van der Waals surface area contributed by atoms with Crippen LogP contribution in [0.5, 0.6) is 5.75 Å². The maximum Gasteiger partial charge on any atom is 0.141 e. The molecule has 0 amide bonds. The molecule has 0 aliphatic rings. The van der Waals surface area contributed by atoms with Gasteiger partial charge in [-0.2, -0.15) is 0 Å². The van der Waals surface area contributed by atoms with Crippen molar-refractivity contribution in [2.24, 2.45) is 0 Å². The summed E-state index contributed by atoms with van der Waals surface area (Å²) in [6, 6.07) is 8.67. The van der Waals surface area contributed by atoms with Crippen LogP contribution in [0.4, 0.5) is 4.39 Å². The van der Waals surface area contributed by atoms with E-state index < -0.39 is 6.10 Å². The number of benzene rings is 1. The Morgan fingerprint density at radius 3 is 2.35 bits per heavy atom. The van der Waals surface area contributed by atoms with Crippen molar-refractivity contribution in [3.05, 3.63) is 47.9 Å². The van der Waals surface area contributed by atoms with E-state index in [1.807, 2.05) is 0 Å². The van der Waals surface area contributed by atoms with Gasteiger partial charge in [0.25, 0.3) is 0 Å². The van der Waals surface area contributed by atoms with Crippen molar-refractivity contribution in [1.29, 1.82) is 0 Å². The molecule has 2 N–H and O–H groups in total. The summed E-state index contributed by atoms with van der Waals surface area (Å²) in [7, 11) is 0. The van der Waals surface area contributed by atoms with Gasteiger partial charge in [0.05, 0.1) is 11.8 Å². The fourth-order valence-corrected chi connectivity index (χ4v) is 1.52. The molecule has 88 valence electrons. The molecule has 17 heavy (non-hydrogen) atoms. The molecule has 1 aromatic carbocycles. The van der Waals surface area contributed by atoms with E-state index >= 15 is 0 Å². The summed E-state index contributed by atoms with van der Waals surface area (Å²) in [4.78, 5) is 4.15. The van der Waals surface area contributed by atoms with Gasteiger partial charge in [-0.25, -0.2) is 9.37 Å². The molecular weight excluding hydrogens is 221 g/mol. The fourth-order valence-electron chi connectivity index (χ4n) is 1.52. The van der Waals surface area contributed by atoms with Gasteiger partial charge < -0.3 is 10.2 Å². The van der Waals surface area contributed by atoms with Gasteiger partial charge in [0.2, 0.25) is 0 Å². The van der Waals surface area contributed by atoms with E-state index in [1.165, 1.54) is 30.3 Å². The van der Waals surface area contributed by atoms with Crippen molar-refractivity contribution >= 4 is 0 Å². The van der Waals surface area contributed by atoms with E-state index in [2.05, 4.69) is 4.98 Å². The molecule has 0 saturated carbocycles. The highest BCUT2D eigenvalue weighted by molar-refractivity contribution is 5.65. The number of aliphatic hydroxyl groups excluding tert-OH is 1. The largest absolute Gasteiger partial charge is 0.506 e. The van der Waals surface area contributed by atoms with Crippen LogP contribution in [-0.4, -0.2) is 15.2 Å². The Hall–Kier alpha value is -1.94. The molecule has 1 aromatic heterocycles. The van der Waals surface area contributed by atoms with Crippen LogP contribution in [0.15, 0.2) is 36.4 Å². The Kier molecular flexibility index (Phi) is 3.06. The number of aliphatic hydroxyl groups is 1. The number of rotatable bonds is 2. The van der Waals surface area contributed by atoms with E-state index in [9.17, 15) is 14.6 Å². The molecule has 3 nitrogen and oxygen atoms in total. The van der Waals surface area contributed by atoms with Gasteiger partial charge >= 0.3 is 0 Å². The van der Waals surface area contributed by atoms with E-state index in [4.69, 9.17) is 0 Å². The summed E-state index contributed by atoms with van der Waals surface area (Å²) >= 11 is 0. The van der Waals surface area contributed by atoms with Crippen LogP contribution in [0, 0.1) is 5.82 Å². The smallest absolute Gasteiger partial charge is 0.141 e. The summed E-state index contributed by atoms with van der Waals surface area (Å²) in [6.45, 7) is 1.59. The standard InChI is InChI=1S/C13H12FNO2/c1-8(16)11-6-7-12(17)13(15-11)9-2-4-10(14)5-3-9/h2-8,16-17H,1H3. The molecule has 4 heteroatoms. The highest BCUT2D eigenvalue weighted by atomic mass is 19.1. The van der Waals surface area contributed by atoms with Crippen LogP contribution in [0.2, 0.25) is 0 Å². The minimum absolute atomic E-state index is 0.000933. The second-order valence-corrected chi connectivity index (χ2v) is 3.79. The second kappa shape index (κ2) is 4.51. The topological polar surface area (TPSA) is 53.4 Å². The van der Waals surface area contributed by atoms with Crippen molar-refractivity contribution in [3.8, 4) is 17.0 Å². The fraction of sp³-hybridized carbons (Fsp3) is 0.154. The molecule has 0 bridgehead atoms. The predicted molar refractivity (Wildman–Crippen MR) is 61.9 cm³/mol. The lowest BCUT2D eigenvalue weighted by atomic mass is 10.1. The maximum absolute atomic E-state index is 12.8. The zero-order valence-electron chi connectivity index (χ0n) is 9.26. The lowest BCUT2D eigenvalue weighted by Crippen LogP contribution is -1.97. The third-order valence-corrected chi connectivity index (χ3v) is 2.44. The highest BCUT2D eigenvalue weighted by Crippen LogP contribution is 2.28. The molecule has 1 atom stereocenters. The molecule has 0 aliphatic carbocycles. The average molecular weight is 233 g/mol. The molecule has 1 unspecified atom stereocenters. The molecule has 0 aliphatic heterocycles. The van der Waals surface area contributed by atoms with Crippen LogP contribution in [-0.2, 0) is 0 Å². The normalized spacial score (nSPS) is 12.4. The van der Waals surface area contributed by atoms with Crippen LogP contribution in [0.25, 0.3) is 11.3 Å². The number of pyridine rings is 1. The van der Waals surface area contributed by atoms with Crippen molar-refractivity contribution in [2.45, 2.75) is 13.0 Å². The summed E-state index contributed by atoms with van der Waals surface area (Å²) < 4.78 is 12.8. The molecule has 0 saturated heterocycles. The van der Waals surface area contributed by atoms with Crippen molar-refractivity contribution in [3.63, 3.8) is 0 Å². The Balaban J connectivity index is 2.50. The Morgan fingerprint density at radius 2 is 1.76 bits per heavy atom. The monoisotopic (exact) mass is 233 g/mol. The summed E-state index contributed by atoms with van der Waals surface area (Å²) in [5.74, 6) is -0.346. The Bertz CT molecular complexity index is 523. The van der Waals surface area contributed by atoms with Gasteiger partial charge in [-0.1, -0.05) is 0 Å². The van der Waals surface area contributed by atoms with Crippen LogP contribution in [0.1, 0.15) is 18.7 Å². The number of halogens is 1. The van der Waals surface area contributed by atoms with Gasteiger partial charge in [0.1, 0.15) is 17.3 Å². The first kappa shape index (κ1) is 11.5. The number of aromatic nitrogens is 1.